The predicted octanol–water partition coefficient (Wildman–Crippen LogP) is 3.60. The van der Waals surface area contributed by atoms with Crippen molar-refractivity contribution in [2.75, 3.05) is 5.73 Å². The van der Waals surface area contributed by atoms with E-state index in [0.29, 0.717) is 11.3 Å². The molecule has 3 nitrogen and oxygen atoms in total. The monoisotopic (exact) mass is 262 g/mol. The predicted molar refractivity (Wildman–Crippen MR) is 56.4 cm³/mol. The average molecular weight is 263 g/mol. The molecule has 0 bridgehead atoms. The van der Waals surface area contributed by atoms with E-state index in [1.54, 1.807) is 0 Å². The van der Waals surface area contributed by atoms with Gasteiger partial charge in [0.15, 0.2) is 0 Å². The van der Waals surface area contributed by atoms with E-state index in [-0.39, 0.29) is 5.88 Å². The summed E-state index contributed by atoms with van der Waals surface area (Å²) in [6, 6.07) is 4.72. The van der Waals surface area contributed by atoms with Crippen LogP contribution in [-0.2, 0) is 6.18 Å². The number of benzene rings is 1. The molecule has 0 radical (unpaired) electrons. The zero-order valence-corrected chi connectivity index (χ0v) is 9.01. The second-order valence-corrected chi connectivity index (χ2v) is 3.71. The molecule has 0 fully saturated rings. The molecule has 0 aliphatic carbocycles. The van der Waals surface area contributed by atoms with Gasteiger partial charge in [0, 0.05) is 11.6 Å². The molecule has 0 aliphatic rings. The number of nitrogens with zero attached hydrogens (tertiary/aromatic N) is 1. The average Bonchev–Trinajstić information content (AvgIpc) is 2.62. The van der Waals surface area contributed by atoms with Crippen LogP contribution >= 0.6 is 11.6 Å². The van der Waals surface area contributed by atoms with Gasteiger partial charge in [0.2, 0.25) is 5.88 Å². The van der Waals surface area contributed by atoms with Gasteiger partial charge in [0.25, 0.3) is 0 Å². The Morgan fingerprint density at radius 1 is 1.24 bits per heavy atom. The van der Waals surface area contributed by atoms with Crippen molar-refractivity contribution in [2.24, 2.45) is 0 Å². The number of anilines is 1. The summed E-state index contributed by atoms with van der Waals surface area (Å²) in [4.78, 5) is 0. The number of nitrogen functional groups attached to an aromatic ring is 1. The molecule has 7 heteroatoms. The van der Waals surface area contributed by atoms with Crippen molar-refractivity contribution >= 4 is 17.5 Å². The number of nitrogens with two attached hydrogens (primary N) is 1. The summed E-state index contributed by atoms with van der Waals surface area (Å²) in [5, 5.41) is 3.19. The number of rotatable bonds is 1. The van der Waals surface area contributed by atoms with Gasteiger partial charge >= 0.3 is 6.18 Å². The van der Waals surface area contributed by atoms with E-state index < -0.39 is 16.8 Å². The van der Waals surface area contributed by atoms with Crippen LogP contribution in [0.5, 0.6) is 0 Å². The molecule has 0 amide bonds. The van der Waals surface area contributed by atoms with E-state index in [1.165, 1.54) is 18.2 Å². The lowest BCUT2D eigenvalue weighted by atomic mass is 10.1. The van der Waals surface area contributed by atoms with Gasteiger partial charge in [0.05, 0.1) is 10.6 Å². The number of hydrogen-bond donors (Lipinski definition) is 1. The van der Waals surface area contributed by atoms with Crippen molar-refractivity contribution in [1.82, 2.24) is 5.16 Å². The van der Waals surface area contributed by atoms with Crippen molar-refractivity contribution in [3.8, 4) is 11.3 Å². The third-order valence-corrected chi connectivity index (χ3v) is 2.41. The minimum Gasteiger partial charge on any atom is -0.368 e. The Morgan fingerprint density at radius 3 is 2.41 bits per heavy atom. The molecule has 1 aromatic heterocycles. The molecular formula is C10H6ClF3N2O. The highest BCUT2D eigenvalue weighted by atomic mass is 35.5. The fourth-order valence-corrected chi connectivity index (χ4v) is 1.62. The first-order valence-electron chi connectivity index (χ1n) is 4.47. The van der Waals surface area contributed by atoms with E-state index in [1.807, 2.05) is 0 Å². The molecule has 0 unspecified atom stereocenters. The lowest BCUT2D eigenvalue weighted by Crippen LogP contribution is -2.05. The quantitative estimate of drug-likeness (QED) is 0.854. The van der Waals surface area contributed by atoms with Gasteiger partial charge in [-0.05, 0) is 12.1 Å². The van der Waals surface area contributed by atoms with Crippen LogP contribution in [0.15, 0.2) is 28.8 Å². The van der Waals surface area contributed by atoms with Crippen molar-refractivity contribution in [3.63, 3.8) is 0 Å². The zero-order chi connectivity index (χ0) is 12.6. The zero-order valence-electron chi connectivity index (χ0n) is 8.25. The van der Waals surface area contributed by atoms with Crippen LogP contribution in [0.4, 0.5) is 19.1 Å². The Balaban J connectivity index is 2.44. The maximum atomic E-state index is 12.4. The first-order valence-corrected chi connectivity index (χ1v) is 4.85. The van der Waals surface area contributed by atoms with Crippen molar-refractivity contribution in [1.29, 1.82) is 0 Å². The molecule has 2 aromatic rings. The van der Waals surface area contributed by atoms with Gasteiger partial charge in [-0.25, -0.2) is 0 Å². The lowest BCUT2D eigenvalue weighted by molar-refractivity contribution is -0.137. The summed E-state index contributed by atoms with van der Waals surface area (Å²) in [5.74, 6) is 0.0796. The molecule has 0 saturated heterocycles. The molecule has 90 valence electrons. The van der Waals surface area contributed by atoms with Crippen LogP contribution < -0.4 is 5.73 Å². The third-order valence-electron chi connectivity index (χ3n) is 2.10. The minimum absolute atomic E-state index is 0.0796. The van der Waals surface area contributed by atoms with Crippen LogP contribution in [0.3, 0.4) is 0 Å². The van der Waals surface area contributed by atoms with Gasteiger partial charge in [-0.15, -0.1) is 0 Å². The summed E-state index contributed by atoms with van der Waals surface area (Å²) in [7, 11) is 0. The highest BCUT2D eigenvalue weighted by Crippen LogP contribution is 2.36. The molecule has 2 N–H and O–H groups in total. The van der Waals surface area contributed by atoms with E-state index in [0.717, 1.165) is 6.07 Å². The molecule has 1 heterocycles. The Hall–Kier alpha value is -1.69. The Kier molecular flexibility index (Phi) is 2.74. The Morgan fingerprint density at radius 2 is 1.94 bits per heavy atom. The largest absolute Gasteiger partial charge is 0.417 e. The van der Waals surface area contributed by atoms with E-state index in [4.69, 9.17) is 17.3 Å². The first kappa shape index (κ1) is 11.8. The maximum absolute atomic E-state index is 12.4. The molecule has 0 aliphatic heterocycles. The lowest BCUT2D eigenvalue weighted by Gasteiger charge is -2.09. The standard InChI is InChI=1S/C10H6ClF3N2O/c11-7-3-5(8-4-9(15)17-16-8)1-2-6(7)10(12,13)14/h1-4H,15H2. The Bertz CT molecular complexity index is 551. The van der Waals surface area contributed by atoms with Gasteiger partial charge in [-0.1, -0.05) is 22.8 Å². The molecule has 2 rings (SSSR count). The summed E-state index contributed by atoms with van der Waals surface area (Å²) in [5.41, 5.74) is 5.16. The van der Waals surface area contributed by atoms with Gasteiger partial charge < -0.3 is 10.3 Å². The van der Waals surface area contributed by atoms with Crippen LogP contribution in [-0.4, -0.2) is 5.16 Å². The number of hydrogen-bond acceptors (Lipinski definition) is 3. The van der Waals surface area contributed by atoms with E-state index in [2.05, 4.69) is 9.68 Å². The highest BCUT2D eigenvalue weighted by molar-refractivity contribution is 6.31. The second kappa shape index (κ2) is 3.96. The van der Waals surface area contributed by atoms with Crippen molar-refractivity contribution < 1.29 is 17.7 Å². The summed E-state index contributed by atoms with van der Waals surface area (Å²) >= 11 is 5.56. The summed E-state index contributed by atoms with van der Waals surface area (Å²) in [6.07, 6.45) is -4.47. The fraction of sp³-hybridized carbons (Fsp3) is 0.100. The molecule has 1 aromatic carbocycles. The van der Waals surface area contributed by atoms with Crippen LogP contribution in [0.2, 0.25) is 5.02 Å². The molecular weight excluding hydrogens is 257 g/mol. The number of alkyl halides is 3. The summed E-state index contributed by atoms with van der Waals surface area (Å²) in [6.45, 7) is 0. The van der Waals surface area contributed by atoms with Crippen LogP contribution in [0, 0.1) is 0 Å². The van der Waals surface area contributed by atoms with Crippen molar-refractivity contribution in [2.45, 2.75) is 6.18 Å². The fourth-order valence-electron chi connectivity index (χ4n) is 1.33. The molecule has 17 heavy (non-hydrogen) atoms. The van der Waals surface area contributed by atoms with E-state index >= 15 is 0 Å². The summed E-state index contributed by atoms with van der Waals surface area (Å²) < 4.78 is 42.0. The molecule has 0 spiro atoms. The normalized spacial score (nSPS) is 11.8. The van der Waals surface area contributed by atoms with Crippen molar-refractivity contribution in [3.05, 3.63) is 34.9 Å². The second-order valence-electron chi connectivity index (χ2n) is 3.31. The van der Waals surface area contributed by atoms with Crippen LogP contribution in [0.1, 0.15) is 5.56 Å². The van der Waals surface area contributed by atoms with E-state index in [9.17, 15) is 13.2 Å². The first-order chi connectivity index (χ1) is 7.88. The minimum atomic E-state index is -4.47. The number of aromatic nitrogens is 1. The topological polar surface area (TPSA) is 52.0 Å². The smallest absolute Gasteiger partial charge is 0.368 e. The van der Waals surface area contributed by atoms with Gasteiger partial charge in [-0.2, -0.15) is 13.2 Å². The molecule has 0 atom stereocenters. The maximum Gasteiger partial charge on any atom is 0.417 e. The molecule has 0 saturated carbocycles. The van der Waals surface area contributed by atoms with Gasteiger partial charge in [-0.3, -0.25) is 0 Å². The SMILES string of the molecule is Nc1cc(-c2ccc(C(F)(F)F)c(Cl)c2)no1. The highest BCUT2D eigenvalue weighted by Gasteiger charge is 2.33. The third kappa shape index (κ3) is 2.36. The van der Waals surface area contributed by atoms with Crippen LogP contribution in [0.25, 0.3) is 11.3 Å². The Labute approximate surface area is 99.0 Å². The number of halogens is 4. The van der Waals surface area contributed by atoms with Gasteiger partial charge in [0.1, 0.15) is 5.69 Å².